The Labute approximate surface area is 105 Å². The van der Waals surface area contributed by atoms with E-state index in [9.17, 15) is 0 Å². The third-order valence-electron chi connectivity index (χ3n) is 2.78. The second kappa shape index (κ2) is 4.19. The van der Waals surface area contributed by atoms with Crippen LogP contribution in [0.25, 0.3) is 22.0 Å². The molecule has 1 heterocycles. The topological polar surface area (TPSA) is 12.9 Å². The molecule has 0 aliphatic carbocycles. The van der Waals surface area contributed by atoms with Gasteiger partial charge in [0.05, 0.1) is 5.52 Å². The summed E-state index contributed by atoms with van der Waals surface area (Å²) in [6.07, 6.45) is 1.88. The molecule has 2 heteroatoms. The first-order chi connectivity index (χ1) is 8.34. The van der Waals surface area contributed by atoms with E-state index in [-0.39, 0.29) is 0 Å². The lowest BCUT2D eigenvalue weighted by Gasteiger charge is -2.04. The summed E-state index contributed by atoms with van der Waals surface area (Å²) in [6, 6.07) is 18.0. The van der Waals surface area contributed by atoms with Gasteiger partial charge in [-0.05, 0) is 23.8 Å². The monoisotopic (exact) mass is 239 g/mol. The van der Waals surface area contributed by atoms with Gasteiger partial charge in [0.15, 0.2) is 0 Å². The van der Waals surface area contributed by atoms with E-state index in [1.807, 2.05) is 42.6 Å². The third kappa shape index (κ3) is 1.90. The fourth-order valence-electron chi connectivity index (χ4n) is 1.90. The molecule has 0 unspecified atom stereocenters. The average molecular weight is 240 g/mol. The second-order valence-corrected chi connectivity index (χ2v) is 4.30. The van der Waals surface area contributed by atoms with Crippen molar-refractivity contribution in [2.45, 2.75) is 0 Å². The first-order valence-electron chi connectivity index (χ1n) is 5.44. The van der Waals surface area contributed by atoms with E-state index >= 15 is 0 Å². The number of hydrogen-bond acceptors (Lipinski definition) is 1. The Hall–Kier alpha value is -1.86. The summed E-state index contributed by atoms with van der Waals surface area (Å²) in [7, 11) is 0. The quantitative estimate of drug-likeness (QED) is 0.607. The molecule has 0 bridgehead atoms. The van der Waals surface area contributed by atoms with Gasteiger partial charge in [0.2, 0.25) is 0 Å². The molecule has 17 heavy (non-hydrogen) atoms. The summed E-state index contributed by atoms with van der Waals surface area (Å²) in [6.45, 7) is 0. The minimum atomic E-state index is 0.743. The molecule has 2 aromatic carbocycles. The predicted molar refractivity (Wildman–Crippen MR) is 72.2 cm³/mol. The minimum Gasteiger partial charge on any atom is -0.256 e. The summed E-state index contributed by atoms with van der Waals surface area (Å²) < 4.78 is 0. The molecule has 0 saturated heterocycles. The summed E-state index contributed by atoms with van der Waals surface area (Å²) >= 11 is 6.18. The van der Waals surface area contributed by atoms with Crippen LogP contribution in [0.1, 0.15) is 0 Å². The molecule has 82 valence electrons. The van der Waals surface area contributed by atoms with E-state index in [4.69, 9.17) is 11.6 Å². The standard InChI is InChI=1S/C15H10ClN/c16-14-7-4-8-15-13(14)9-12(10-17-15)11-5-2-1-3-6-11/h1-10H. The van der Waals surface area contributed by atoms with Crippen molar-refractivity contribution in [3.63, 3.8) is 0 Å². The molecule has 0 aliphatic heterocycles. The number of pyridine rings is 1. The number of benzene rings is 2. The van der Waals surface area contributed by atoms with Crippen molar-refractivity contribution >= 4 is 22.5 Å². The third-order valence-corrected chi connectivity index (χ3v) is 3.11. The lowest BCUT2D eigenvalue weighted by Crippen LogP contribution is -1.83. The van der Waals surface area contributed by atoms with Gasteiger partial charge in [-0.25, -0.2) is 0 Å². The van der Waals surface area contributed by atoms with Crippen LogP contribution in [0.15, 0.2) is 60.8 Å². The number of halogens is 1. The van der Waals surface area contributed by atoms with Gasteiger partial charge in [-0.2, -0.15) is 0 Å². The average Bonchev–Trinajstić information content (AvgIpc) is 2.40. The van der Waals surface area contributed by atoms with Crippen molar-refractivity contribution in [3.05, 3.63) is 65.8 Å². The van der Waals surface area contributed by atoms with Gasteiger partial charge in [0.1, 0.15) is 0 Å². The Bertz CT molecular complexity index is 662. The smallest absolute Gasteiger partial charge is 0.0717 e. The van der Waals surface area contributed by atoms with Crippen LogP contribution in [0.2, 0.25) is 5.02 Å². The van der Waals surface area contributed by atoms with E-state index in [2.05, 4.69) is 23.2 Å². The Kier molecular flexibility index (Phi) is 2.54. The molecule has 0 N–H and O–H groups in total. The highest BCUT2D eigenvalue weighted by atomic mass is 35.5. The highest BCUT2D eigenvalue weighted by molar-refractivity contribution is 6.35. The maximum atomic E-state index is 6.18. The van der Waals surface area contributed by atoms with Gasteiger partial charge in [-0.1, -0.05) is 48.0 Å². The molecule has 1 aromatic heterocycles. The number of nitrogens with zero attached hydrogens (tertiary/aromatic N) is 1. The summed E-state index contributed by atoms with van der Waals surface area (Å²) in [5.74, 6) is 0. The van der Waals surface area contributed by atoms with Crippen LogP contribution in [-0.4, -0.2) is 4.98 Å². The Morgan fingerprint density at radius 2 is 1.65 bits per heavy atom. The van der Waals surface area contributed by atoms with Crippen molar-refractivity contribution in [2.75, 3.05) is 0 Å². The van der Waals surface area contributed by atoms with E-state index in [0.29, 0.717) is 0 Å². The SMILES string of the molecule is Clc1cccc2ncc(-c3ccccc3)cc12. The summed E-state index contributed by atoms with van der Waals surface area (Å²) in [5, 5.41) is 1.74. The zero-order chi connectivity index (χ0) is 11.7. The van der Waals surface area contributed by atoms with E-state index in [1.165, 1.54) is 0 Å². The lowest BCUT2D eigenvalue weighted by molar-refractivity contribution is 1.41. The van der Waals surface area contributed by atoms with Crippen molar-refractivity contribution in [2.24, 2.45) is 0 Å². The maximum Gasteiger partial charge on any atom is 0.0717 e. The van der Waals surface area contributed by atoms with Crippen molar-refractivity contribution in [1.29, 1.82) is 0 Å². The molecular formula is C15H10ClN. The number of hydrogen-bond donors (Lipinski definition) is 0. The predicted octanol–water partition coefficient (Wildman–Crippen LogP) is 4.56. The molecule has 0 atom stereocenters. The van der Waals surface area contributed by atoms with Gasteiger partial charge in [-0.3, -0.25) is 4.98 Å². The fraction of sp³-hybridized carbons (Fsp3) is 0. The first-order valence-corrected chi connectivity index (χ1v) is 5.82. The molecular weight excluding hydrogens is 230 g/mol. The highest BCUT2D eigenvalue weighted by Crippen LogP contribution is 2.26. The number of rotatable bonds is 1. The molecule has 3 rings (SSSR count). The molecule has 0 saturated carbocycles. The van der Waals surface area contributed by atoms with E-state index in [0.717, 1.165) is 27.1 Å². The van der Waals surface area contributed by atoms with Gasteiger partial charge in [-0.15, -0.1) is 0 Å². The number of fused-ring (bicyclic) bond motifs is 1. The highest BCUT2D eigenvalue weighted by Gasteiger charge is 2.02. The van der Waals surface area contributed by atoms with Gasteiger partial charge < -0.3 is 0 Å². The van der Waals surface area contributed by atoms with Gasteiger partial charge in [0, 0.05) is 22.2 Å². The molecule has 0 aliphatic rings. The summed E-state index contributed by atoms with van der Waals surface area (Å²) in [5.41, 5.74) is 3.17. The molecule has 0 fully saturated rings. The van der Waals surface area contributed by atoms with Crippen LogP contribution in [0, 0.1) is 0 Å². The zero-order valence-corrected chi connectivity index (χ0v) is 9.85. The molecule has 1 nitrogen and oxygen atoms in total. The van der Waals surface area contributed by atoms with E-state index < -0.39 is 0 Å². The van der Waals surface area contributed by atoms with Crippen LogP contribution in [0.4, 0.5) is 0 Å². The van der Waals surface area contributed by atoms with Crippen LogP contribution >= 0.6 is 11.6 Å². The normalized spacial score (nSPS) is 10.6. The Balaban J connectivity index is 2.23. The van der Waals surface area contributed by atoms with Gasteiger partial charge >= 0.3 is 0 Å². The largest absolute Gasteiger partial charge is 0.256 e. The molecule has 0 spiro atoms. The van der Waals surface area contributed by atoms with Crippen LogP contribution in [0.5, 0.6) is 0 Å². The van der Waals surface area contributed by atoms with E-state index in [1.54, 1.807) is 0 Å². The Morgan fingerprint density at radius 3 is 2.47 bits per heavy atom. The van der Waals surface area contributed by atoms with Crippen molar-refractivity contribution < 1.29 is 0 Å². The minimum absolute atomic E-state index is 0.743. The molecule has 0 amide bonds. The maximum absolute atomic E-state index is 6.18. The lowest BCUT2D eigenvalue weighted by atomic mass is 10.1. The Morgan fingerprint density at radius 1 is 0.824 bits per heavy atom. The second-order valence-electron chi connectivity index (χ2n) is 3.90. The number of aromatic nitrogens is 1. The van der Waals surface area contributed by atoms with Crippen LogP contribution < -0.4 is 0 Å². The molecule has 0 radical (unpaired) electrons. The van der Waals surface area contributed by atoms with Crippen LogP contribution in [-0.2, 0) is 0 Å². The van der Waals surface area contributed by atoms with Gasteiger partial charge in [0.25, 0.3) is 0 Å². The first kappa shape index (κ1) is 10.3. The van der Waals surface area contributed by atoms with Crippen molar-refractivity contribution in [3.8, 4) is 11.1 Å². The zero-order valence-electron chi connectivity index (χ0n) is 9.10. The van der Waals surface area contributed by atoms with Crippen molar-refractivity contribution in [1.82, 2.24) is 4.98 Å². The fourth-order valence-corrected chi connectivity index (χ4v) is 2.13. The van der Waals surface area contributed by atoms with Crippen LogP contribution in [0.3, 0.4) is 0 Å². The molecule has 3 aromatic rings. The summed E-state index contributed by atoms with van der Waals surface area (Å²) in [4.78, 5) is 4.43.